The SMILES string of the molecule is [CH2]C(CC(=O)N1CCOCC1)CC(C)C. The standard InChI is InChI=1S/C12H22NO2/c1-10(2)8-11(3)9-12(14)13-4-6-15-7-5-13/h10-11H,3-9H2,1-2H3. The molecule has 1 unspecified atom stereocenters. The minimum atomic E-state index is 0.235. The Labute approximate surface area is 92.8 Å². The molecule has 0 aromatic heterocycles. The van der Waals surface area contributed by atoms with Crippen LogP contribution in [-0.4, -0.2) is 37.1 Å². The average Bonchev–Trinajstić information content (AvgIpc) is 2.17. The second kappa shape index (κ2) is 6.11. The molecule has 1 aliphatic heterocycles. The molecule has 0 aromatic carbocycles. The van der Waals surface area contributed by atoms with Gasteiger partial charge in [-0.1, -0.05) is 13.8 Å². The van der Waals surface area contributed by atoms with Crippen LogP contribution in [0.4, 0.5) is 0 Å². The lowest BCUT2D eigenvalue weighted by Crippen LogP contribution is -2.41. The lowest BCUT2D eigenvalue weighted by Gasteiger charge is -2.28. The first-order chi connectivity index (χ1) is 7.09. The largest absolute Gasteiger partial charge is 0.378 e. The number of rotatable bonds is 4. The molecule has 0 N–H and O–H groups in total. The van der Waals surface area contributed by atoms with Crippen LogP contribution < -0.4 is 0 Å². The first kappa shape index (κ1) is 12.5. The van der Waals surface area contributed by atoms with Crippen molar-refractivity contribution < 1.29 is 9.53 Å². The van der Waals surface area contributed by atoms with E-state index in [1.807, 2.05) is 4.90 Å². The summed E-state index contributed by atoms with van der Waals surface area (Å²) < 4.78 is 5.21. The maximum absolute atomic E-state index is 11.8. The maximum Gasteiger partial charge on any atom is 0.223 e. The molecule has 0 aromatic rings. The van der Waals surface area contributed by atoms with Crippen LogP contribution in [0.2, 0.25) is 0 Å². The molecule has 3 nitrogen and oxygen atoms in total. The smallest absolute Gasteiger partial charge is 0.223 e. The third-order valence-electron chi connectivity index (χ3n) is 2.63. The summed E-state index contributed by atoms with van der Waals surface area (Å²) in [5.74, 6) is 1.10. The number of carbonyl (C=O) groups excluding carboxylic acids is 1. The van der Waals surface area contributed by atoms with Crippen LogP contribution in [0.1, 0.15) is 26.7 Å². The third kappa shape index (κ3) is 4.65. The van der Waals surface area contributed by atoms with Gasteiger partial charge in [0.25, 0.3) is 0 Å². The number of ether oxygens (including phenoxy) is 1. The van der Waals surface area contributed by atoms with Crippen molar-refractivity contribution in [2.75, 3.05) is 26.3 Å². The van der Waals surface area contributed by atoms with Crippen LogP contribution in [0.15, 0.2) is 0 Å². The highest BCUT2D eigenvalue weighted by atomic mass is 16.5. The van der Waals surface area contributed by atoms with Crippen molar-refractivity contribution in [1.29, 1.82) is 0 Å². The molecule has 1 radical (unpaired) electrons. The Balaban J connectivity index is 2.27. The Morgan fingerprint density at radius 3 is 2.53 bits per heavy atom. The van der Waals surface area contributed by atoms with Crippen LogP contribution in [0.3, 0.4) is 0 Å². The van der Waals surface area contributed by atoms with E-state index in [1.165, 1.54) is 0 Å². The molecule has 1 saturated heterocycles. The predicted octanol–water partition coefficient (Wildman–Crippen LogP) is 1.73. The maximum atomic E-state index is 11.8. The highest BCUT2D eigenvalue weighted by molar-refractivity contribution is 5.76. The van der Waals surface area contributed by atoms with E-state index in [0.717, 1.165) is 19.5 Å². The molecule has 1 rings (SSSR count). The van der Waals surface area contributed by atoms with Gasteiger partial charge in [-0.25, -0.2) is 0 Å². The van der Waals surface area contributed by atoms with Gasteiger partial charge in [0, 0.05) is 19.5 Å². The Morgan fingerprint density at radius 2 is 2.00 bits per heavy atom. The van der Waals surface area contributed by atoms with Crippen molar-refractivity contribution in [1.82, 2.24) is 4.90 Å². The first-order valence-corrected chi connectivity index (χ1v) is 5.78. The fourth-order valence-electron chi connectivity index (χ4n) is 1.94. The molecule has 3 heteroatoms. The van der Waals surface area contributed by atoms with E-state index < -0.39 is 0 Å². The normalized spacial score (nSPS) is 19.3. The summed E-state index contributed by atoms with van der Waals surface area (Å²) >= 11 is 0. The lowest BCUT2D eigenvalue weighted by atomic mass is 9.95. The highest BCUT2D eigenvalue weighted by Crippen LogP contribution is 2.15. The van der Waals surface area contributed by atoms with Crippen LogP contribution >= 0.6 is 0 Å². The monoisotopic (exact) mass is 212 g/mol. The molecule has 1 aliphatic rings. The second-order valence-corrected chi connectivity index (χ2v) is 4.69. The number of carbonyl (C=O) groups is 1. The second-order valence-electron chi connectivity index (χ2n) is 4.69. The fourth-order valence-corrected chi connectivity index (χ4v) is 1.94. The van der Waals surface area contributed by atoms with Gasteiger partial charge in [0.1, 0.15) is 0 Å². The van der Waals surface area contributed by atoms with Crippen molar-refractivity contribution in [3.63, 3.8) is 0 Å². The summed E-state index contributed by atoms with van der Waals surface area (Å²) in [6.45, 7) is 11.2. The number of nitrogens with zero attached hydrogens (tertiary/aromatic N) is 1. The van der Waals surface area contributed by atoms with E-state index in [9.17, 15) is 4.79 Å². The van der Waals surface area contributed by atoms with Crippen molar-refractivity contribution in [3.05, 3.63) is 6.92 Å². The summed E-state index contributed by atoms with van der Waals surface area (Å²) in [5.41, 5.74) is 0. The van der Waals surface area contributed by atoms with E-state index in [2.05, 4.69) is 20.8 Å². The molecule has 0 aliphatic carbocycles. The van der Waals surface area contributed by atoms with Crippen molar-refractivity contribution in [3.8, 4) is 0 Å². The van der Waals surface area contributed by atoms with Crippen molar-refractivity contribution in [2.45, 2.75) is 26.7 Å². The number of hydrogen-bond donors (Lipinski definition) is 0. The van der Waals surface area contributed by atoms with Gasteiger partial charge in [0.2, 0.25) is 5.91 Å². The zero-order valence-electron chi connectivity index (χ0n) is 9.87. The van der Waals surface area contributed by atoms with Gasteiger partial charge in [-0.3, -0.25) is 4.79 Å². The first-order valence-electron chi connectivity index (χ1n) is 5.78. The molecule has 15 heavy (non-hydrogen) atoms. The van der Waals surface area contributed by atoms with E-state index in [4.69, 9.17) is 4.74 Å². The molecule has 1 fully saturated rings. The van der Waals surface area contributed by atoms with Gasteiger partial charge >= 0.3 is 0 Å². The van der Waals surface area contributed by atoms with Gasteiger partial charge < -0.3 is 9.64 Å². The van der Waals surface area contributed by atoms with E-state index in [-0.39, 0.29) is 11.8 Å². The van der Waals surface area contributed by atoms with Gasteiger partial charge in [-0.2, -0.15) is 0 Å². The Morgan fingerprint density at radius 1 is 1.40 bits per heavy atom. The Bertz CT molecular complexity index is 198. The quantitative estimate of drug-likeness (QED) is 0.710. The molecular formula is C12H22NO2. The lowest BCUT2D eigenvalue weighted by molar-refractivity contribution is -0.136. The topological polar surface area (TPSA) is 29.5 Å². The van der Waals surface area contributed by atoms with Crippen molar-refractivity contribution >= 4 is 5.91 Å². The van der Waals surface area contributed by atoms with Gasteiger partial charge in [-0.15, -0.1) is 0 Å². The van der Waals surface area contributed by atoms with Crippen molar-refractivity contribution in [2.24, 2.45) is 11.8 Å². The van der Waals surface area contributed by atoms with Gasteiger partial charge in [-0.05, 0) is 25.2 Å². The average molecular weight is 212 g/mol. The molecule has 0 bridgehead atoms. The zero-order chi connectivity index (χ0) is 11.3. The van der Waals surface area contributed by atoms with Crippen LogP contribution in [-0.2, 0) is 9.53 Å². The molecule has 0 spiro atoms. The molecule has 87 valence electrons. The van der Waals surface area contributed by atoms with Crippen LogP contribution in [0.25, 0.3) is 0 Å². The zero-order valence-corrected chi connectivity index (χ0v) is 9.87. The number of morpholine rings is 1. The van der Waals surface area contributed by atoms with Gasteiger partial charge in [0.15, 0.2) is 0 Å². The van der Waals surface area contributed by atoms with E-state index >= 15 is 0 Å². The molecule has 1 atom stereocenters. The summed E-state index contributed by atoms with van der Waals surface area (Å²) in [4.78, 5) is 13.7. The highest BCUT2D eigenvalue weighted by Gasteiger charge is 2.19. The van der Waals surface area contributed by atoms with Gasteiger partial charge in [0.05, 0.1) is 13.2 Å². The third-order valence-corrected chi connectivity index (χ3v) is 2.63. The molecule has 1 amide bonds. The summed E-state index contributed by atoms with van der Waals surface area (Å²) in [5, 5.41) is 0. The summed E-state index contributed by atoms with van der Waals surface area (Å²) in [6.07, 6.45) is 1.61. The predicted molar refractivity (Wildman–Crippen MR) is 60.3 cm³/mol. The van der Waals surface area contributed by atoms with Crippen LogP contribution in [0, 0.1) is 18.8 Å². The Hall–Kier alpha value is -0.570. The minimum absolute atomic E-state index is 0.235. The fraction of sp³-hybridized carbons (Fsp3) is 0.833. The van der Waals surface area contributed by atoms with Crippen LogP contribution in [0.5, 0.6) is 0 Å². The van der Waals surface area contributed by atoms with E-state index in [1.54, 1.807) is 0 Å². The summed E-state index contributed by atoms with van der Waals surface area (Å²) in [7, 11) is 0. The number of hydrogen-bond acceptors (Lipinski definition) is 2. The summed E-state index contributed by atoms with van der Waals surface area (Å²) in [6, 6.07) is 0. The molecule has 0 saturated carbocycles. The Kier molecular flexibility index (Phi) is 5.09. The molecule has 1 heterocycles. The number of amides is 1. The minimum Gasteiger partial charge on any atom is -0.378 e. The molecular weight excluding hydrogens is 190 g/mol. The van der Waals surface area contributed by atoms with E-state index in [0.29, 0.717) is 25.6 Å².